The Morgan fingerprint density at radius 3 is 2.57 bits per heavy atom. The van der Waals surface area contributed by atoms with E-state index in [1.165, 1.54) is 0 Å². The molecule has 1 aromatic carbocycles. The predicted molar refractivity (Wildman–Crippen MR) is 79.9 cm³/mol. The van der Waals surface area contributed by atoms with Crippen molar-refractivity contribution in [1.82, 2.24) is 15.1 Å². The Hall–Kier alpha value is -2.41. The molecule has 2 N–H and O–H groups in total. The maximum atomic E-state index is 12.2. The molecule has 7 heteroatoms. The first kappa shape index (κ1) is 13.6. The van der Waals surface area contributed by atoms with Crippen molar-refractivity contribution in [3.63, 3.8) is 0 Å². The van der Waals surface area contributed by atoms with Crippen molar-refractivity contribution in [3.8, 4) is 28.5 Å². The van der Waals surface area contributed by atoms with Gasteiger partial charge in [-0.15, -0.1) is 0 Å². The Balaban J connectivity index is 2.12. The van der Waals surface area contributed by atoms with Gasteiger partial charge in [0, 0.05) is 10.5 Å². The fourth-order valence-corrected chi connectivity index (χ4v) is 2.20. The lowest BCUT2D eigenvalue weighted by atomic mass is 10.1. The maximum absolute atomic E-state index is 12.2. The van der Waals surface area contributed by atoms with Crippen LogP contribution >= 0.6 is 15.9 Å². The van der Waals surface area contributed by atoms with E-state index in [0.29, 0.717) is 17.0 Å². The molecule has 2 heterocycles. The Kier molecular flexibility index (Phi) is 3.34. The van der Waals surface area contributed by atoms with Gasteiger partial charge in [-0.25, -0.2) is 0 Å². The third-order valence-electron chi connectivity index (χ3n) is 2.90. The highest BCUT2D eigenvalue weighted by Crippen LogP contribution is 2.26. The van der Waals surface area contributed by atoms with Gasteiger partial charge >= 0.3 is 0 Å². The molecule has 106 valence electrons. The van der Waals surface area contributed by atoms with Crippen LogP contribution < -0.4 is 5.56 Å². The van der Waals surface area contributed by atoms with E-state index in [0.717, 1.165) is 4.47 Å². The lowest BCUT2D eigenvalue weighted by Crippen LogP contribution is -2.12. The lowest BCUT2D eigenvalue weighted by Gasteiger charge is -2.04. The van der Waals surface area contributed by atoms with E-state index in [-0.39, 0.29) is 17.3 Å². The molecule has 0 aliphatic carbocycles. The van der Waals surface area contributed by atoms with E-state index >= 15 is 0 Å². The fraction of sp³-hybridized carbons (Fsp3) is 0.0714. The Bertz CT molecular complexity index is 853. The number of hydrogen-bond donors (Lipinski definition) is 2. The van der Waals surface area contributed by atoms with E-state index in [1.807, 2.05) is 0 Å². The second kappa shape index (κ2) is 5.17. The van der Waals surface area contributed by atoms with E-state index in [2.05, 4.69) is 31.1 Å². The minimum absolute atomic E-state index is 0.117. The van der Waals surface area contributed by atoms with E-state index in [1.54, 1.807) is 37.3 Å². The van der Waals surface area contributed by atoms with Gasteiger partial charge in [-0.05, 0) is 24.6 Å². The zero-order chi connectivity index (χ0) is 15.0. The molecule has 0 atom stereocenters. The van der Waals surface area contributed by atoms with Gasteiger partial charge in [-0.1, -0.05) is 33.2 Å². The van der Waals surface area contributed by atoms with Crippen molar-refractivity contribution in [2.75, 3.05) is 0 Å². The van der Waals surface area contributed by atoms with Crippen molar-refractivity contribution < 1.29 is 9.63 Å². The van der Waals surface area contributed by atoms with Crippen molar-refractivity contribution >= 4 is 15.9 Å². The van der Waals surface area contributed by atoms with Crippen molar-refractivity contribution in [3.05, 3.63) is 50.9 Å². The number of benzene rings is 1. The summed E-state index contributed by atoms with van der Waals surface area (Å²) in [5.74, 6) is 0.399. The van der Waals surface area contributed by atoms with Crippen molar-refractivity contribution in [2.24, 2.45) is 0 Å². The molecule has 0 fully saturated rings. The largest absolute Gasteiger partial charge is 0.493 e. The SMILES string of the molecule is Cc1cc(-c2nc(O)c(-c3ccc(Br)cc3)c(=O)[nH]2)no1. The molecule has 0 saturated heterocycles. The van der Waals surface area contributed by atoms with Crippen LogP contribution in [0.2, 0.25) is 0 Å². The van der Waals surface area contributed by atoms with Gasteiger partial charge in [0.1, 0.15) is 17.0 Å². The molecule has 0 radical (unpaired) electrons. The summed E-state index contributed by atoms with van der Waals surface area (Å²) in [4.78, 5) is 18.8. The minimum Gasteiger partial charge on any atom is -0.493 e. The minimum atomic E-state index is -0.444. The molecule has 0 aliphatic rings. The Morgan fingerprint density at radius 2 is 2.00 bits per heavy atom. The van der Waals surface area contributed by atoms with Crippen LogP contribution in [-0.4, -0.2) is 20.2 Å². The van der Waals surface area contributed by atoms with Crippen LogP contribution in [0, 0.1) is 6.92 Å². The number of nitrogens with zero attached hydrogens (tertiary/aromatic N) is 2. The molecule has 6 nitrogen and oxygen atoms in total. The normalized spacial score (nSPS) is 10.8. The first-order chi connectivity index (χ1) is 10.0. The zero-order valence-corrected chi connectivity index (χ0v) is 12.5. The number of halogens is 1. The van der Waals surface area contributed by atoms with Gasteiger partial charge in [-0.3, -0.25) is 4.79 Å². The van der Waals surface area contributed by atoms with Crippen LogP contribution in [-0.2, 0) is 0 Å². The Morgan fingerprint density at radius 1 is 1.29 bits per heavy atom. The van der Waals surface area contributed by atoms with Crippen molar-refractivity contribution in [1.29, 1.82) is 0 Å². The predicted octanol–water partition coefficient (Wildman–Crippen LogP) is 2.87. The average molecular weight is 348 g/mol. The number of H-pyrrole nitrogens is 1. The zero-order valence-electron chi connectivity index (χ0n) is 10.9. The maximum Gasteiger partial charge on any atom is 0.262 e. The second-order valence-electron chi connectivity index (χ2n) is 4.44. The van der Waals surface area contributed by atoms with Crippen LogP contribution in [0.15, 0.2) is 44.1 Å². The number of aromatic amines is 1. The van der Waals surface area contributed by atoms with E-state index < -0.39 is 5.56 Å². The summed E-state index contributed by atoms with van der Waals surface area (Å²) < 4.78 is 5.81. The van der Waals surface area contributed by atoms with Gasteiger partial charge in [0.05, 0.1) is 0 Å². The summed E-state index contributed by atoms with van der Waals surface area (Å²) in [7, 11) is 0. The highest BCUT2D eigenvalue weighted by Gasteiger charge is 2.15. The van der Waals surface area contributed by atoms with Crippen LogP contribution in [0.4, 0.5) is 0 Å². The number of aryl methyl sites for hydroxylation is 1. The molecule has 0 unspecified atom stereocenters. The number of rotatable bonds is 2. The smallest absolute Gasteiger partial charge is 0.262 e. The molecule has 3 aromatic rings. The van der Waals surface area contributed by atoms with Gasteiger partial charge in [0.15, 0.2) is 5.82 Å². The summed E-state index contributed by atoms with van der Waals surface area (Å²) >= 11 is 3.32. The number of nitrogens with one attached hydrogen (secondary N) is 1. The highest BCUT2D eigenvalue weighted by atomic mass is 79.9. The molecular weight excluding hydrogens is 338 g/mol. The average Bonchev–Trinajstić information content (AvgIpc) is 2.87. The number of aromatic nitrogens is 3. The third kappa shape index (κ3) is 2.59. The monoisotopic (exact) mass is 347 g/mol. The van der Waals surface area contributed by atoms with Crippen LogP contribution in [0.3, 0.4) is 0 Å². The summed E-state index contributed by atoms with van der Waals surface area (Å²) in [5.41, 5.74) is 0.613. The molecule has 3 rings (SSSR count). The standard InChI is InChI=1S/C14H10BrN3O3/c1-7-6-10(18-21-7)12-16-13(19)11(14(20)17-12)8-2-4-9(15)5-3-8/h2-6H,1H3,(H2,16,17,19,20). The highest BCUT2D eigenvalue weighted by molar-refractivity contribution is 9.10. The summed E-state index contributed by atoms with van der Waals surface area (Å²) in [6.07, 6.45) is 0. The molecule has 0 aliphatic heterocycles. The van der Waals surface area contributed by atoms with Crippen LogP contribution in [0.5, 0.6) is 5.88 Å². The summed E-state index contributed by atoms with van der Waals surface area (Å²) in [5, 5.41) is 13.8. The molecule has 0 amide bonds. The fourth-order valence-electron chi connectivity index (χ4n) is 1.94. The quantitative estimate of drug-likeness (QED) is 0.743. The number of hydrogen-bond acceptors (Lipinski definition) is 5. The van der Waals surface area contributed by atoms with Crippen LogP contribution in [0.1, 0.15) is 5.76 Å². The van der Waals surface area contributed by atoms with Gasteiger partial charge in [0.25, 0.3) is 5.56 Å². The second-order valence-corrected chi connectivity index (χ2v) is 5.36. The summed E-state index contributed by atoms with van der Waals surface area (Å²) in [6, 6.07) is 8.62. The van der Waals surface area contributed by atoms with E-state index in [4.69, 9.17) is 4.52 Å². The van der Waals surface area contributed by atoms with E-state index in [9.17, 15) is 9.90 Å². The molecule has 0 saturated carbocycles. The first-order valence-corrected chi connectivity index (χ1v) is 6.87. The molecule has 0 bridgehead atoms. The van der Waals surface area contributed by atoms with Crippen LogP contribution in [0.25, 0.3) is 22.6 Å². The molecular formula is C14H10BrN3O3. The molecule has 21 heavy (non-hydrogen) atoms. The first-order valence-electron chi connectivity index (χ1n) is 6.07. The lowest BCUT2D eigenvalue weighted by molar-refractivity contribution is 0.399. The van der Waals surface area contributed by atoms with Crippen molar-refractivity contribution in [2.45, 2.75) is 6.92 Å². The topological polar surface area (TPSA) is 92.0 Å². The number of aromatic hydroxyl groups is 1. The van der Waals surface area contributed by atoms with Gasteiger partial charge in [-0.2, -0.15) is 4.98 Å². The van der Waals surface area contributed by atoms with Gasteiger partial charge in [0.2, 0.25) is 5.88 Å². The molecule has 0 spiro atoms. The Labute approximate surface area is 127 Å². The third-order valence-corrected chi connectivity index (χ3v) is 3.43. The van der Waals surface area contributed by atoms with Gasteiger partial charge < -0.3 is 14.6 Å². The summed E-state index contributed by atoms with van der Waals surface area (Å²) in [6.45, 7) is 1.73. The molecule has 2 aromatic heterocycles.